The van der Waals surface area contributed by atoms with Gasteiger partial charge >= 0.3 is 0 Å². The average Bonchev–Trinajstić information content (AvgIpc) is 3.54. The second-order valence-electron chi connectivity index (χ2n) is 9.35. The number of nitrogens with zero attached hydrogens (tertiary/aromatic N) is 6. The van der Waals surface area contributed by atoms with E-state index in [2.05, 4.69) is 15.8 Å². The topological polar surface area (TPSA) is 85.5 Å². The number of fused-ring (bicyclic) bond motifs is 2. The summed E-state index contributed by atoms with van der Waals surface area (Å²) in [5, 5.41) is 9.40. The molecule has 2 aromatic heterocycles. The lowest BCUT2D eigenvalue weighted by molar-refractivity contribution is -0.129. The molecule has 3 aliphatic heterocycles. The number of hydrogen-bond donors (Lipinski definition) is 0. The molecule has 0 saturated carbocycles. The molecular formula is C25H28N6O3. The van der Waals surface area contributed by atoms with E-state index in [1.807, 2.05) is 30.3 Å². The molecule has 1 saturated heterocycles. The highest BCUT2D eigenvalue weighted by Gasteiger charge is 2.35. The number of benzene rings is 1. The first-order chi connectivity index (χ1) is 16.5. The van der Waals surface area contributed by atoms with Crippen LogP contribution in [0.15, 0.2) is 30.6 Å². The number of rotatable bonds is 3. The summed E-state index contributed by atoms with van der Waals surface area (Å²) in [6.45, 7) is 4.83. The van der Waals surface area contributed by atoms with Gasteiger partial charge < -0.3 is 14.5 Å². The van der Waals surface area contributed by atoms with Crippen LogP contribution in [0.2, 0.25) is 0 Å². The molecule has 3 aliphatic rings. The maximum atomic E-state index is 13.3. The lowest BCUT2D eigenvalue weighted by Crippen LogP contribution is -2.35. The van der Waals surface area contributed by atoms with Crippen LogP contribution in [0.5, 0.6) is 0 Å². The van der Waals surface area contributed by atoms with Crippen LogP contribution in [0.25, 0.3) is 11.3 Å². The Bertz CT molecular complexity index is 1290. The SMILES string of the molecule is CC(=O)N1CCc2c(c(-c3cccc4c3CN(c3cnn(C)c3)C4=O)nn2C2CCOCC2)C1. The molecule has 9 nitrogen and oxygen atoms in total. The normalized spacial score (nSPS) is 18.4. The summed E-state index contributed by atoms with van der Waals surface area (Å²) in [7, 11) is 1.85. The fraction of sp³-hybridized carbons (Fsp3) is 0.440. The van der Waals surface area contributed by atoms with Gasteiger partial charge in [-0.05, 0) is 24.5 Å². The Hall–Kier alpha value is -3.46. The first-order valence-electron chi connectivity index (χ1n) is 11.9. The number of carbonyl (C=O) groups is 2. The predicted molar refractivity (Wildman–Crippen MR) is 125 cm³/mol. The zero-order valence-electron chi connectivity index (χ0n) is 19.5. The van der Waals surface area contributed by atoms with Crippen LogP contribution >= 0.6 is 0 Å². The summed E-state index contributed by atoms with van der Waals surface area (Å²) in [5.74, 6) is 0.0552. The molecule has 0 N–H and O–H groups in total. The van der Waals surface area contributed by atoms with E-state index < -0.39 is 0 Å². The minimum absolute atomic E-state index is 0.0204. The van der Waals surface area contributed by atoms with Gasteiger partial charge in [-0.3, -0.25) is 19.0 Å². The van der Waals surface area contributed by atoms with Crippen molar-refractivity contribution < 1.29 is 14.3 Å². The summed E-state index contributed by atoms with van der Waals surface area (Å²) >= 11 is 0. The fourth-order valence-corrected chi connectivity index (χ4v) is 5.47. The number of aromatic nitrogens is 4. The zero-order chi connectivity index (χ0) is 23.4. The van der Waals surface area contributed by atoms with Crippen LogP contribution in [0.4, 0.5) is 5.69 Å². The minimum atomic E-state index is -0.0204. The summed E-state index contributed by atoms with van der Waals surface area (Å²) in [5.41, 5.74) is 6.66. The van der Waals surface area contributed by atoms with E-state index >= 15 is 0 Å². The van der Waals surface area contributed by atoms with Crippen molar-refractivity contribution in [3.8, 4) is 11.3 Å². The van der Waals surface area contributed by atoms with Crippen LogP contribution in [0.1, 0.15) is 53.0 Å². The summed E-state index contributed by atoms with van der Waals surface area (Å²) in [4.78, 5) is 29.1. The Morgan fingerprint density at radius 2 is 1.91 bits per heavy atom. The van der Waals surface area contributed by atoms with Crippen molar-refractivity contribution >= 4 is 17.5 Å². The zero-order valence-corrected chi connectivity index (χ0v) is 19.5. The lowest BCUT2D eigenvalue weighted by atomic mass is 9.95. The minimum Gasteiger partial charge on any atom is -0.381 e. The van der Waals surface area contributed by atoms with Gasteiger partial charge in [0.1, 0.15) is 0 Å². The van der Waals surface area contributed by atoms with Crippen LogP contribution in [0.3, 0.4) is 0 Å². The van der Waals surface area contributed by atoms with Crippen LogP contribution in [-0.4, -0.2) is 56.0 Å². The number of ether oxygens (including phenoxy) is 1. The lowest BCUT2D eigenvalue weighted by Gasteiger charge is -2.29. The maximum absolute atomic E-state index is 13.3. The molecule has 6 rings (SSSR count). The predicted octanol–water partition coefficient (Wildman–Crippen LogP) is 2.70. The average molecular weight is 461 g/mol. The second kappa shape index (κ2) is 8.09. The molecule has 0 bridgehead atoms. The standard InChI is InChI=1S/C25H28N6O3/c1-16(32)29-9-6-23-22(14-29)24(27-31(23)17-7-10-34-11-8-17)19-4-3-5-20-21(19)15-30(25(20)33)18-12-26-28(2)13-18/h3-5,12-13,17H,6-11,14-15H2,1-2H3. The van der Waals surface area contributed by atoms with Crippen LogP contribution in [0, 0.1) is 0 Å². The Morgan fingerprint density at radius 1 is 1.12 bits per heavy atom. The molecule has 9 heteroatoms. The molecule has 5 heterocycles. The van der Waals surface area contributed by atoms with Gasteiger partial charge in [0.25, 0.3) is 5.91 Å². The van der Waals surface area contributed by atoms with E-state index in [1.54, 1.807) is 22.7 Å². The Balaban J connectivity index is 1.46. The van der Waals surface area contributed by atoms with Gasteiger partial charge in [0.15, 0.2) is 0 Å². The Labute approximate surface area is 197 Å². The third-order valence-corrected chi connectivity index (χ3v) is 7.29. The largest absolute Gasteiger partial charge is 0.381 e. The monoisotopic (exact) mass is 460 g/mol. The van der Waals surface area contributed by atoms with E-state index in [-0.39, 0.29) is 11.8 Å². The number of carbonyl (C=O) groups excluding carboxylic acids is 2. The van der Waals surface area contributed by atoms with Crippen molar-refractivity contribution in [3.05, 3.63) is 53.0 Å². The highest BCUT2D eigenvalue weighted by molar-refractivity contribution is 6.11. The molecule has 0 aliphatic carbocycles. The van der Waals surface area contributed by atoms with Gasteiger partial charge in [-0.2, -0.15) is 10.2 Å². The highest BCUT2D eigenvalue weighted by atomic mass is 16.5. The van der Waals surface area contributed by atoms with Crippen molar-refractivity contribution in [3.63, 3.8) is 0 Å². The van der Waals surface area contributed by atoms with Crippen LogP contribution in [-0.2, 0) is 36.1 Å². The van der Waals surface area contributed by atoms with E-state index in [1.165, 1.54) is 5.69 Å². The third kappa shape index (κ3) is 3.34. The van der Waals surface area contributed by atoms with Gasteiger partial charge in [-0.1, -0.05) is 12.1 Å². The van der Waals surface area contributed by atoms with Crippen molar-refractivity contribution in [2.45, 2.75) is 45.3 Å². The summed E-state index contributed by atoms with van der Waals surface area (Å²) in [6, 6.07) is 6.18. The van der Waals surface area contributed by atoms with Crippen molar-refractivity contribution in [1.29, 1.82) is 0 Å². The molecular weight excluding hydrogens is 432 g/mol. The molecule has 0 atom stereocenters. The number of anilines is 1. The van der Waals surface area contributed by atoms with E-state index in [9.17, 15) is 9.59 Å². The Kier molecular flexibility index (Phi) is 5.02. The first kappa shape index (κ1) is 21.1. The van der Waals surface area contributed by atoms with E-state index in [4.69, 9.17) is 9.84 Å². The molecule has 176 valence electrons. The van der Waals surface area contributed by atoms with Gasteiger partial charge in [-0.25, -0.2) is 0 Å². The molecule has 1 fully saturated rings. The second-order valence-corrected chi connectivity index (χ2v) is 9.35. The van der Waals surface area contributed by atoms with Gasteiger partial charge in [-0.15, -0.1) is 0 Å². The fourth-order valence-electron chi connectivity index (χ4n) is 5.47. The Morgan fingerprint density at radius 3 is 2.65 bits per heavy atom. The quantitative estimate of drug-likeness (QED) is 0.600. The van der Waals surface area contributed by atoms with Gasteiger partial charge in [0.05, 0.1) is 30.2 Å². The summed E-state index contributed by atoms with van der Waals surface area (Å²) in [6.07, 6.45) is 6.23. The maximum Gasteiger partial charge on any atom is 0.259 e. The third-order valence-electron chi connectivity index (χ3n) is 7.29. The molecule has 2 amide bonds. The van der Waals surface area contributed by atoms with Gasteiger partial charge in [0.2, 0.25) is 5.91 Å². The molecule has 0 radical (unpaired) electrons. The molecule has 3 aromatic rings. The molecule has 34 heavy (non-hydrogen) atoms. The smallest absolute Gasteiger partial charge is 0.259 e. The van der Waals surface area contributed by atoms with Crippen molar-refractivity contribution in [2.75, 3.05) is 24.7 Å². The van der Waals surface area contributed by atoms with E-state index in [0.717, 1.165) is 60.5 Å². The van der Waals surface area contributed by atoms with Crippen molar-refractivity contribution in [2.24, 2.45) is 7.05 Å². The molecule has 0 unspecified atom stereocenters. The summed E-state index contributed by atoms with van der Waals surface area (Å²) < 4.78 is 9.49. The molecule has 1 aromatic carbocycles. The number of aryl methyl sites for hydroxylation is 1. The first-order valence-corrected chi connectivity index (χ1v) is 11.9. The van der Waals surface area contributed by atoms with Crippen LogP contribution < -0.4 is 4.90 Å². The number of hydrogen-bond acceptors (Lipinski definition) is 5. The van der Waals surface area contributed by atoms with Crippen molar-refractivity contribution in [1.82, 2.24) is 24.5 Å². The van der Waals surface area contributed by atoms with Gasteiger partial charge in [0, 0.05) is 75.3 Å². The van der Waals surface area contributed by atoms with E-state index in [0.29, 0.717) is 31.2 Å². The molecule has 0 spiro atoms. The number of amides is 2. The highest BCUT2D eigenvalue weighted by Crippen LogP contribution is 2.39.